The van der Waals surface area contributed by atoms with Gasteiger partial charge in [0.05, 0.1) is 0 Å². The highest BCUT2D eigenvalue weighted by Gasteiger charge is 2.39. The lowest BCUT2D eigenvalue weighted by atomic mass is 9.88. The molecule has 4 aromatic rings. The third-order valence-corrected chi connectivity index (χ3v) is 11.4. The molecular weight excluding hydrogens is 693 g/mol. The normalized spacial score (nSPS) is 19.3. The lowest BCUT2D eigenvalue weighted by Crippen LogP contribution is -2.57. The first-order valence-corrected chi connectivity index (χ1v) is 19.3. The Balaban J connectivity index is 0.869. The van der Waals surface area contributed by atoms with Gasteiger partial charge in [-0.1, -0.05) is 61.5 Å². The molecule has 0 spiro atoms. The minimum atomic E-state index is -0.634. The number of rotatable bonds is 7. The molecule has 1 atom stereocenters. The maximum absolute atomic E-state index is 13.6. The SMILES string of the molecule is CC/C(=C(/c1ccc(O)cc1)c1ccc(N2CCN(C(=O)N3CCN(c4ccc5c(c4)CN(C4CCC(=O)NC4=O)C5=O)CC3)CC2)cc1)c1ccccc1. The summed E-state index contributed by atoms with van der Waals surface area (Å²) in [6.45, 7) is 7.91. The summed E-state index contributed by atoms with van der Waals surface area (Å²) in [6, 6.07) is 31.8. The van der Waals surface area contributed by atoms with Crippen LogP contribution in [0.1, 0.15) is 58.8 Å². The summed E-state index contributed by atoms with van der Waals surface area (Å²) in [5.41, 5.74) is 9.36. The van der Waals surface area contributed by atoms with E-state index in [1.807, 2.05) is 46.2 Å². The van der Waals surface area contributed by atoms with E-state index in [1.54, 1.807) is 17.0 Å². The molecule has 4 aliphatic heterocycles. The lowest BCUT2D eigenvalue weighted by Gasteiger charge is -2.41. The number of nitrogens with zero attached hydrogens (tertiary/aromatic N) is 5. The number of anilines is 2. The molecule has 11 heteroatoms. The van der Waals surface area contributed by atoms with Gasteiger partial charge >= 0.3 is 6.03 Å². The van der Waals surface area contributed by atoms with Crippen molar-refractivity contribution >= 4 is 46.3 Å². The highest BCUT2D eigenvalue weighted by Crippen LogP contribution is 2.36. The Morgan fingerprint density at radius 1 is 0.709 bits per heavy atom. The number of amides is 5. The van der Waals surface area contributed by atoms with Crippen molar-refractivity contribution in [1.29, 1.82) is 0 Å². The quantitative estimate of drug-likeness (QED) is 0.188. The zero-order valence-corrected chi connectivity index (χ0v) is 31.1. The Kier molecular flexibility index (Phi) is 10.0. The average molecular weight is 739 g/mol. The number of aromatic hydroxyl groups is 1. The van der Waals surface area contributed by atoms with E-state index in [2.05, 4.69) is 70.6 Å². The largest absolute Gasteiger partial charge is 0.508 e. The standard InChI is InChI=1S/C44H46N6O5/c1-2-37(30-6-4-3-5-7-30)41(32-10-15-36(51)16-11-32)31-8-12-34(13-9-31)46-20-24-48(25-21-46)44(55)49-26-22-47(23-27-49)35-14-17-38-33(28-35)29-50(43(38)54)39-18-19-40(52)45-42(39)53/h3-17,28,39,51H,2,18-27,29H2,1H3,(H,45,52,53)/b41-37-. The van der Waals surface area contributed by atoms with Crippen molar-refractivity contribution in [3.8, 4) is 5.75 Å². The molecule has 8 rings (SSSR count). The number of benzene rings is 4. The number of carbonyl (C=O) groups excluding carboxylic acids is 4. The summed E-state index contributed by atoms with van der Waals surface area (Å²) in [6.07, 6.45) is 1.43. The first-order valence-electron chi connectivity index (χ1n) is 19.3. The summed E-state index contributed by atoms with van der Waals surface area (Å²) in [5.74, 6) is -0.638. The predicted octanol–water partition coefficient (Wildman–Crippen LogP) is 5.59. The van der Waals surface area contributed by atoms with Crippen LogP contribution in [0.25, 0.3) is 11.1 Å². The van der Waals surface area contributed by atoms with Gasteiger partial charge in [0.15, 0.2) is 0 Å². The van der Waals surface area contributed by atoms with Gasteiger partial charge in [-0.2, -0.15) is 0 Å². The second kappa shape index (κ2) is 15.3. The summed E-state index contributed by atoms with van der Waals surface area (Å²) in [5, 5.41) is 12.3. The third kappa shape index (κ3) is 7.26. The summed E-state index contributed by atoms with van der Waals surface area (Å²) < 4.78 is 0. The molecule has 3 saturated heterocycles. The molecule has 11 nitrogen and oxygen atoms in total. The minimum absolute atomic E-state index is 0.0748. The van der Waals surface area contributed by atoms with Crippen molar-refractivity contribution in [2.45, 2.75) is 38.8 Å². The molecule has 0 radical (unpaired) electrons. The Hall–Kier alpha value is -6.10. The molecule has 4 heterocycles. The number of hydrogen-bond acceptors (Lipinski definition) is 7. The first kappa shape index (κ1) is 35.9. The number of hydrogen-bond donors (Lipinski definition) is 2. The molecule has 3 fully saturated rings. The van der Waals surface area contributed by atoms with Crippen LogP contribution in [0.5, 0.6) is 5.75 Å². The fourth-order valence-corrected chi connectivity index (χ4v) is 8.42. The zero-order chi connectivity index (χ0) is 38.1. The van der Waals surface area contributed by atoms with Crippen molar-refractivity contribution in [2.75, 3.05) is 62.2 Å². The maximum Gasteiger partial charge on any atom is 0.320 e. The predicted molar refractivity (Wildman–Crippen MR) is 213 cm³/mol. The number of phenolic OH excluding ortho intramolecular Hbond substituents is 1. The van der Waals surface area contributed by atoms with E-state index in [4.69, 9.17) is 0 Å². The number of piperidine rings is 1. The van der Waals surface area contributed by atoms with Crippen LogP contribution >= 0.6 is 0 Å². The molecule has 0 aromatic heterocycles. The zero-order valence-electron chi connectivity index (χ0n) is 31.1. The van der Waals surface area contributed by atoms with Crippen molar-refractivity contribution in [3.05, 3.63) is 125 Å². The minimum Gasteiger partial charge on any atom is -0.508 e. The van der Waals surface area contributed by atoms with Gasteiger partial charge in [0, 0.05) is 82.3 Å². The number of nitrogens with one attached hydrogen (secondary N) is 1. The van der Waals surface area contributed by atoms with Gasteiger partial charge in [0.25, 0.3) is 5.91 Å². The fraction of sp³-hybridized carbons (Fsp3) is 0.318. The van der Waals surface area contributed by atoms with E-state index >= 15 is 0 Å². The van der Waals surface area contributed by atoms with E-state index in [0.29, 0.717) is 57.8 Å². The van der Waals surface area contributed by atoms with Crippen LogP contribution in [-0.4, -0.2) is 102 Å². The average Bonchev–Trinajstić information content (AvgIpc) is 3.55. The monoisotopic (exact) mass is 738 g/mol. The molecule has 282 valence electrons. The van der Waals surface area contributed by atoms with Gasteiger partial charge < -0.3 is 29.6 Å². The van der Waals surface area contributed by atoms with Crippen molar-refractivity contribution < 1.29 is 24.3 Å². The van der Waals surface area contributed by atoms with Gasteiger partial charge in [0.1, 0.15) is 11.8 Å². The van der Waals surface area contributed by atoms with E-state index < -0.39 is 11.9 Å². The molecule has 2 N–H and O–H groups in total. The van der Waals surface area contributed by atoms with Crippen molar-refractivity contribution in [2.24, 2.45) is 0 Å². The number of phenols is 1. The molecule has 0 saturated carbocycles. The Morgan fingerprint density at radius 3 is 1.89 bits per heavy atom. The second-order valence-corrected chi connectivity index (χ2v) is 14.6. The molecule has 0 aliphatic carbocycles. The number of piperazine rings is 2. The van der Waals surface area contributed by atoms with Crippen molar-refractivity contribution in [1.82, 2.24) is 20.0 Å². The lowest BCUT2D eigenvalue weighted by molar-refractivity contribution is -0.136. The van der Waals surface area contributed by atoms with Gasteiger partial charge in [-0.3, -0.25) is 19.7 Å². The molecule has 0 bridgehead atoms. The topological polar surface area (TPSA) is 117 Å². The highest BCUT2D eigenvalue weighted by atomic mass is 16.3. The summed E-state index contributed by atoms with van der Waals surface area (Å²) >= 11 is 0. The van der Waals surface area contributed by atoms with Crippen LogP contribution in [0.2, 0.25) is 0 Å². The first-order chi connectivity index (χ1) is 26.8. The molecular formula is C44H46N6O5. The number of fused-ring (bicyclic) bond motifs is 1. The number of urea groups is 1. The van der Waals surface area contributed by atoms with Crippen LogP contribution in [0.4, 0.5) is 16.2 Å². The van der Waals surface area contributed by atoms with E-state index in [-0.39, 0.29) is 30.0 Å². The fourth-order valence-electron chi connectivity index (χ4n) is 8.42. The Morgan fingerprint density at radius 2 is 1.29 bits per heavy atom. The van der Waals surface area contributed by atoms with Crippen molar-refractivity contribution in [3.63, 3.8) is 0 Å². The Bertz CT molecular complexity index is 2120. The number of carbonyl (C=O) groups is 4. The highest BCUT2D eigenvalue weighted by molar-refractivity contribution is 6.05. The van der Waals surface area contributed by atoms with Gasteiger partial charge in [-0.15, -0.1) is 0 Å². The summed E-state index contributed by atoms with van der Waals surface area (Å²) in [7, 11) is 0. The Labute approximate surface area is 321 Å². The van der Waals surface area contributed by atoms with Gasteiger partial charge in [-0.05, 0) is 88.7 Å². The van der Waals surface area contributed by atoms with Crippen LogP contribution < -0.4 is 15.1 Å². The maximum atomic E-state index is 13.6. The number of allylic oxidation sites excluding steroid dienone is 1. The molecule has 1 unspecified atom stereocenters. The second-order valence-electron chi connectivity index (χ2n) is 14.6. The van der Waals surface area contributed by atoms with Crippen LogP contribution in [0, 0.1) is 0 Å². The van der Waals surface area contributed by atoms with Gasteiger partial charge in [0.2, 0.25) is 11.8 Å². The van der Waals surface area contributed by atoms with Crippen LogP contribution in [0.3, 0.4) is 0 Å². The van der Waals surface area contributed by atoms with Gasteiger partial charge in [-0.25, -0.2) is 4.79 Å². The smallest absolute Gasteiger partial charge is 0.320 e. The molecule has 55 heavy (non-hydrogen) atoms. The van der Waals surface area contributed by atoms with Crippen LogP contribution in [0.15, 0.2) is 97.1 Å². The molecule has 4 aromatic carbocycles. The van der Waals surface area contributed by atoms with E-state index in [9.17, 15) is 24.3 Å². The van der Waals surface area contributed by atoms with E-state index in [1.165, 1.54) is 11.1 Å². The number of imide groups is 1. The third-order valence-electron chi connectivity index (χ3n) is 11.4. The molecule has 4 aliphatic rings. The molecule has 5 amide bonds. The summed E-state index contributed by atoms with van der Waals surface area (Å²) in [4.78, 5) is 60.9. The van der Waals surface area contributed by atoms with Crippen LogP contribution in [-0.2, 0) is 16.1 Å². The van der Waals surface area contributed by atoms with E-state index in [0.717, 1.165) is 53.1 Å².